The van der Waals surface area contributed by atoms with Gasteiger partial charge in [0, 0.05) is 24.7 Å². The third kappa shape index (κ3) is 3.76. The number of non-ortho nitro benzene ring substituents is 1. The van der Waals surface area contributed by atoms with E-state index in [-0.39, 0.29) is 23.7 Å². The maximum absolute atomic E-state index is 12.4. The molecule has 27 heavy (non-hydrogen) atoms. The van der Waals surface area contributed by atoms with E-state index in [1.807, 2.05) is 0 Å². The highest BCUT2D eigenvalue weighted by Crippen LogP contribution is 2.33. The normalized spacial score (nSPS) is 15.5. The minimum Gasteiger partial charge on any atom is -0.326 e. The molecular weight excluding hydrogens is 352 g/mol. The maximum atomic E-state index is 12.4. The second kappa shape index (κ2) is 7.24. The van der Waals surface area contributed by atoms with Crippen molar-refractivity contribution in [3.05, 3.63) is 58.6 Å². The number of benzene rings is 2. The number of rotatable bonds is 4. The SMILES string of the molecule is CC(=O)N1c2ccccc2NC(=O)C1CC(=O)Nc1cccc([N+](=O)[O-])c1. The van der Waals surface area contributed by atoms with E-state index in [0.717, 1.165) is 0 Å². The van der Waals surface area contributed by atoms with Crippen LogP contribution in [-0.2, 0) is 14.4 Å². The van der Waals surface area contributed by atoms with Crippen molar-refractivity contribution in [2.75, 3.05) is 15.5 Å². The molecule has 1 aliphatic rings. The molecule has 2 aromatic carbocycles. The number of nitrogens with one attached hydrogen (secondary N) is 2. The van der Waals surface area contributed by atoms with Crippen LogP contribution in [0.5, 0.6) is 0 Å². The van der Waals surface area contributed by atoms with Gasteiger partial charge in [-0.1, -0.05) is 18.2 Å². The van der Waals surface area contributed by atoms with Crippen LogP contribution in [0.3, 0.4) is 0 Å². The van der Waals surface area contributed by atoms with E-state index in [4.69, 9.17) is 0 Å². The van der Waals surface area contributed by atoms with Gasteiger partial charge in [0.15, 0.2) is 0 Å². The highest BCUT2D eigenvalue weighted by molar-refractivity contribution is 6.13. The molecule has 0 bridgehead atoms. The van der Waals surface area contributed by atoms with Crippen LogP contribution >= 0.6 is 0 Å². The molecule has 1 aliphatic heterocycles. The quantitative estimate of drug-likeness (QED) is 0.633. The Labute approximate surface area is 154 Å². The van der Waals surface area contributed by atoms with Crippen molar-refractivity contribution in [3.63, 3.8) is 0 Å². The monoisotopic (exact) mass is 368 g/mol. The summed E-state index contributed by atoms with van der Waals surface area (Å²) >= 11 is 0. The average molecular weight is 368 g/mol. The Balaban J connectivity index is 1.80. The number of hydrogen-bond donors (Lipinski definition) is 2. The minimum atomic E-state index is -1.02. The topological polar surface area (TPSA) is 122 Å². The van der Waals surface area contributed by atoms with Crippen molar-refractivity contribution in [3.8, 4) is 0 Å². The Kier molecular flexibility index (Phi) is 4.84. The first-order chi connectivity index (χ1) is 12.9. The van der Waals surface area contributed by atoms with Crippen molar-refractivity contribution < 1.29 is 19.3 Å². The predicted molar refractivity (Wildman–Crippen MR) is 98.4 cm³/mol. The van der Waals surface area contributed by atoms with Gasteiger partial charge in [0.2, 0.25) is 17.7 Å². The standard InChI is InChI=1S/C18H16N4O5/c1-11(23)21-15-8-3-2-7-14(15)20-18(25)16(21)10-17(24)19-12-5-4-6-13(9-12)22(26)27/h2-9,16H,10H2,1H3,(H,19,24)(H,20,25). The number of carbonyl (C=O) groups is 3. The molecule has 2 N–H and O–H groups in total. The lowest BCUT2D eigenvalue weighted by atomic mass is 10.0. The number of carbonyl (C=O) groups excluding carboxylic acids is 3. The number of amides is 3. The van der Waals surface area contributed by atoms with E-state index in [0.29, 0.717) is 11.4 Å². The molecule has 138 valence electrons. The summed E-state index contributed by atoms with van der Waals surface area (Å²) in [6.07, 6.45) is -0.289. The Morgan fingerprint density at radius 1 is 1.22 bits per heavy atom. The van der Waals surface area contributed by atoms with Crippen molar-refractivity contribution in [1.29, 1.82) is 0 Å². The summed E-state index contributed by atoms with van der Waals surface area (Å²) in [7, 11) is 0. The lowest BCUT2D eigenvalue weighted by Crippen LogP contribution is -2.51. The Morgan fingerprint density at radius 3 is 2.67 bits per heavy atom. The second-order valence-corrected chi connectivity index (χ2v) is 5.97. The smallest absolute Gasteiger partial charge is 0.271 e. The van der Waals surface area contributed by atoms with E-state index in [1.54, 1.807) is 24.3 Å². The van der Waals surface area contributed by atoms with Gasteiger partial charge in [0.05, 0.1) is 22.7 Å². The van der Waals surface area contributed by atoms with Gasteiger partial charge in [0.1, 0.15) is 6.04 Å². The van der Waals surface area contributed by atoms with Gasteiger partial charge < -0.3 is 10.6 Å². The summed E-state index contributed by atoms with van der Waals surface area (Å²) in [6.45, 7) is 1.32. The Bertz CT molecular complexity index is 943. The number of hydrogen-bond acceptors (Lipinski definition) is 5. The third-order valence-electron chi connectivity index (χ3n) is 4.09. The molecule has 0 radical (unpaired) electrons. The molecular formula is C18H16N4O5. The highest BCUT2D eigenvalue weighted by Gasteiger charge is 2.36. The fourth-order valence-corrected chi connectivity index (χ4v) is 2.95. The number of fused-ring (bicyclic) bond motifs is 1. The molecule has 9 heteroatoms. The van der Waals surface area contributed by atoms with E-state index < -0.39 is 22.8 Å². The molecule has 1 heterocycles. The molecule has 2 aromatic rings. The van der Waals surface area contributed by atoms with Crippen LogP contribution in [0.25, 0.3) is 0 Å². The van der Waals surface area contributed by atoms with Crippen molar-refractivity contribution in [1.82, 2.24) is 0 Å². The van der Waals surface area contributed by atoms with Crippen molar-refractivity contribution >= 4 is 40.5 Å². The van der Waals surface area contributed by atoms with Crippen molar-refractivity contribution in [2.24, 2.45) is 0 Å². The third-order valence-corrected chi connectivity index (χ3v) is 4.09. The van der Waals surface area contributed by atoms with Gasteiger partial charge in [-0.05, 0) is 18.2 Å². The second-order valence-electron chi connectivity index (χ2n) is 5.97. The van der Waals surface area contributed by atoms with Crippen LogP contribution in [0.1, 0.15) is 13.3 Å². The van der Waals surface area contributed by atoms with Gasteiger partial charge in [0.25, 0.3) is 5.69 Å². The zero-order valence-corrected chi connectivity index (χ0v) is 14.3. The molecule has 0 spiro atoms. The number of anilines is 3. The first-order valence-electron chi connectivity index (χ1n) is 8.11. The summed E-state index contributed by atoms with van der Waals surface area (Å²) < 4.78 is 0. The first-order valence-corrected chi connectivity index (χ1v) is 8.11. The average Bonchev–Trinajstić information content (AvgIpc) is 2.62. The number of nitrogens with zero attached hydrogens (tertiary/aromatic N) is 2. The van der Waals surface area contributed by atoms with Gasteiger partial charge in [-0.15, -0.1) is 0 Å². The number of nitro groups is 1. The molecule has 1 unspecified atom stereocenters. The maximum Gasteiger partial charge on any atom is 0.271 e. The number of para-hydroxylation sites is 2. The van der Waals surface area contributed by atoms with Crippen molar-refractivity contribution in [2.45, 2.75) is 19.4 Å². The van der Waals surface area contributed by atoms with E-state index in [1.165, 1.54) is 36.1 Å². The largest absolute Gasteiger partial charge is 0.326 e. The molecule has 0 aromatic heterocycles. The van der Waals surface area contributed by atoms with Crippen LogP contribution in [0, 0.1) is 10.1 Å². The summed E-state index contributed by atoms with van der Waals surface area (Å²) in [6, 6.07) is 11.3. The molecule has 3 amide bonds. The molecule has 0 aliphatic carbocycles. The van der Waals surface area contributed by atoms with Gasteiger partial charge in [-0.25, -0.2) is 0 Å². The molecule has 3 rings (SSSR count). The van der Waals surface area contributed by atoms with Crippen LogP contribution in [-0.4, -0.2) is 28.7 Å². The number of nitro benzene ring substituents is 1. The fraction of sp³-hybridized carbons (Fsp3) is 0.167. The fourth-order valence-electron chi connectivity index (χ4n) is 2.95. The molecule has 0 saturated heterocycles. The van der Waals surface area contributed by atoms with E-state index in [2.05, 4.69) is 10.6 Å². The molecule has 1 atom stereocenters. The van der Waals surface area contributed by atoms with Crippen LogP contribution in [0.2, 0.25) is 0 Å². The van der Waals surface area contributed by atoms with E-state index >= 15 is 0 Å². The van der Waals surface area contributed by atoms with Crippen LogP contribution in [0.15, 0.2) is 48.5 Å². The van der Waals surface area contributed by atoms with E-state index in [9.17, 15) is 24.5 Å². The summed E-state index contributed by atoms with van der Waals surface area (Å²) in [5.41, 5.74) is 1.08. The lowest BCUT2D eigenvalue weighted by molar-refractivity contribution is -0.384. The van der Waals surface area contributed by atoms with Gasteiger partial charge in [-0.3, -0.25) is 29.4 Å². The lowest BCUT2D eigenvalue weighted by Gasteiger charge is -2.35. The zero-order valence-electron chi connectivity index (χ0n) is 14.3. The minimum absolute atomic E-state index is 0.164. The summed E-state index contributed by atoms with van der Waals surface area (Å²) in [5, 5.41) is 16.0. The molecule has 0 fully saturated rings. The predicted octanol–water partition coefficient (Wildman–Crippen LogP) is 2.30. The molecule has 0 saturated carbocycles. The first kappa shape index (κ1) is 18.1. The van der Waals surface area contributed by atoms with Crippen LogP contribution in [0.4, 0.5) is 22.7 Å². The Hall–Kier alpha value is -3.75. The van der Waals surface area contributed by atoms with Crippen LogP contribution < -0.4 is 15.5 Å². The summed E-state index contributed by atoms with van der Waals surface area (Å²) in [4.78, 5) is 48.5. The molecule has 9 nitrogen and oxygen atoms in total. The Morgan fingerprint density at radius 2 is 1.96 bits per heavy atom. The summed E-state index contributed by atoms with van der Waals surface area (Å²) in [5.74, 6) is -1.38. The highest BCUT2D eigenvalue weighted by atomic mass is 16.6. The van der Waals surface area contributed by atoms with Gasteiger partial charge in [-0.2, -0.15) is 0 Å². The van der Waals surface area contributed by atoms with Gasteiger partial charge >= 0.3 is 0 Å². The zero-order chi connectivity index (χ0) is 19.6.